The first-order valence-corrected chi connectivity index (χ1v) is 20.1. The second kappa shape index (κ2) is 27.6. The summed E-state index contributed by atoms with van der Waals surface area (Å²) in [5.41, 5.74) is -1.32. The van der Waals surface area contributed by atoms with Gasteiger partial charge in [-0.05, 0) is 92.9 Å². The van der Waals surface area contributed by atoms with Gasteiger partial charge in [0.1, 0.15) is 23.0 Å². The molecule has 1 rings (SSSR count). The van der Waals surface area contributed by atoms with Crippen molar-refractivity contribution in [1.29, 1.82) is 0 Å². The Kier molecular flexibility index (Phi) is 24.7. The van der Waals surface area contributed by atoms with Gasteiger partial charge in [0.15, 0.2) is 0 Å². The Hall–Kier alpha value is -3.92. The Balaban J connectivity index is 2.06. The number of ether oxygens (including phenoxy) is 4. The van der Waals surface area contributed by atoms with Crippen molar-refractivity contribution in [3.8, 4) is 0 Å². The average Bonchev–Trinajstić information content (AvgIpc) is 3.41. The summed E-state index contributed by atoms with van der Waals surface area (Å²) in [6.07, 6.45) is 7.43. The summed E-state index contributed by atoms with van der Waals surface area (Å²) >= 11 is 0. The smallest absolute Gasteiger partial charge is 0.333 e. The summed E-state index contributed by atoms with van der Waals surface area (Å²) < 4.78 is 21.9. The molecule has 0 aromatic carbocycles. The lowest BCUT2D eigenvalue weighted by molar-refractivity contribution is -0.197. The van der Waals surface area contributed by atoms with Crippen LogP contribution in [0.1, 0.15) is 157 Å². The number of hydrogen-bond donors (Lipinski definition) is 2. The Morgan fingerprint density at radius 3 is 1.71 bits per heavy atom. The number of Topliss-reactive ketones (excluding diaryl/α,β-unsaturated/α-hetero) is 1. The van der Waals surface area contributed by atoms with Gasteiger partial charge in [0.05, 0.1) is 6.42 Å². The van der Waals surface area contributed by atoms with Crippen LogP contribution in [-0.4, -0.2) is 103 Å². The predicted molar refractivity (Wildman–Crippen MR) is 204 cm³/mol. The van der Waals surface area contributed by atoms with Crippen LogP contribution in [0.5, 0.6) is 0 Å². The molecule has 0 unspecified atom stereocenters. The zero-order chi connectivity index (χ0) is 42.0. The highest BCUT2D eigenvalue weighted by atomic mass is 16.7. The van der Waals surface area contributed by atoms with Crippen LogP contribution >= 0.6 is 0 Å². The molecule has 16 nitrogen and oxygen atoms in total. The number of nitrogens with one attached hydrogen (secondary N) is 2. The maximum atomic E-state index is 12.7. The number of esters is 2. The molecule has 0 aromatic heterocycles. The number of unbranched alkanes of at least 4 members (excludes halogenated alkanes) is 5. The van der Waals surface area contributed by atoms with Gasteiger partial charge in [-0.25, -0.2) is 9.59 Å². The second-order valence-electron chi connectivity index (χ2n) is 15.9. The zero-order valence-electron chi connectivity index (χ0n) is 34.6. The van der Waals surface area contributed by atoms with Crippen LogP contribution in [0.25, 0.3) is 0 Å². The van der Waals surface area contributed by atoms with Crippen LogP contribution in [0.2, 0.25) is 0 Å². The fraction of sp³-hybridized carbons (Fsp3) is 0.800. The molecule has 320 valence electrons. The van der Waals surface area contributed by atoms with E-state index in [1.807, 2.05) is 20.8 Å². The summed E-state index contributed by atoms with van der Waals surface area (Å²) in [6, 6.07) is -1.20. The number of amides is 4. The average molecular weight is 798 g/mol. The zero-order valence-corrected chi connectivity index (χ0v) is 34.6. The molecule has 0 aromatic rings. The standard InChI is InChI=1S/C40H67N3O13/c1-39(2,3)54-36(49)18-10-8-7-9-17-32(45)41-25-15-29-53-28-14-13-27-52-26-12-11-16-30(44)19-21-33(46)42-31(38(51)55-40(4,5)6)20-24-37(50)56-43-34(47)22-23-35(43)48/h31H,7-29H2,1-6H3,(H,41,45)(H,42,46)/t31-/m0/s1. The van der Waals surface area contributed by atoms with Crippen LogP contribution in [0.3, 0.4) is 0 Å². The number of hydroxylamine groups is 2. The normalized spacial score (nSPS) is 13.6. The largest absolute Gasteiger partial charge is 0.460 e. The Labute approximate surface area is 332 Å². The van der Waals surface area contributed by atoms with Gasteiger partial charge in [0.25, 0.3) is 11.8 Å². The molecule has 0 radical (unpaired) electrons. The van der Waals surface area contributed by atoms with Crippen molar-refractivity contribution in [3.05, 3.63) is 0 Å². The molecule has 0 aliphatic carbocycles. The van der Waals surface area contributed by atoms with Crippen molar-refractivity contribution < 1.29 is 62.1 Å². The van der Waals surface area contributed by atoms with Crippen LogP contribution in [-0.2, 0) is 62.1 Å². The fourth-order valence-electron chi connectivity index (χ4n) is 5.26. The molecule has 4 amide bonds. The summed E-state index contributed by atoms with van der Waals surface area (Å²) in [4.78, 5) is 102. The maximum Gasteiger partial charge on any atom is 0.333 e. The first-order valence-electron chi connectivity index (χ1n) is 20.1. The molecule has 1 fully saturated rings. The summed E-state index contributed by atoms with van der Waals surface area (Å²) in [5, 5.41) is 5.85. The van der Waals surface area contributed by atoms with Crippen molar-refractivity contribution in [2.24, 2.45) is 0 Å². The highest BCUT2D eigenvalue weighted by molar-refractivity contribution is 6.01. The van der Waals surface area contributed by atoms with Gasteiger partial charge in [-0.1, -0.05) is 12.8 Å². The van der Waals surface area contributed by atoms with E-state index in [-0.39, 0.29) is 62.6 Å². The minimum Gasteiger partial charge on any atom is -0.460 e. The van der Waals surface area contributed by atoms with Crippen LogP contribution in [0.4, 0.5) is 0 Å². The Morgan fingerprint density at radius 2 is 1.12 bits per heavy atom. The van der Waals surface area contributed by atoms with E-state index in [1.165, 1.54) is 0 Å². The number of imide groups is 1. The van der Waals surface area contributed by atoms with Gasteiger partial charge in [-0.15, -0.1) is 5.06 Å². The summed E-state index contributed by atoms with van der Waals surface area (Å²) in [7, 11) is 0. The molecule has 16 heteroatoms. The van der Waals surface area contributed by atoms with Crippen molar-refractivity contribution in [2.75, 3.05) is 33.0 Å². The number of nitrogens with zero attached hydrogens (tertiary/aromatic N) is 1. The molecule has 1 atom stereocenters. The molecule has 0 bridgehead atoms. The van der Waals surface area contributed by atoms with E-state index >= 15 is 0 Å². The monoisotopic (exact) mass is 797 g/mol. The predicted octanol–water partition coefficient (Wildman–Crippen LogP) is 4.72. The third-order valence-corrected chi connectivity index (χ3v) is 8.06. The van der Waals surface area contributed by atoms with Crippen molar-refractivity contribution in [3.63, 3.8) is 0 Å². The van der Waals surface area contributed by atoms with Crippen LogP contribution in [0, 0.1) is 0 Å². The highest BCUT2D eigenvalue weighted by Crippen LogP contribution is 2.16. The van der Waals surface area contributed by atoms with E-state index in [2.05, 4.69) is 10.6 Å². The molecule has 1 heterocycles. The highest BCUT2D eigenvalue weighted by Gasteiger charge is 2.34. The number of hydrogen-bond acceptors (Lipinski definition) is 13. The summed E-state index contributed by atoms with van der Waals surface area (Å²) in [6.45, 7) is 13.4. The van der Waals surface area contributed by atoms with Crippen LogP contribution < -0.4 is 10.6 Å². The summed E-state index contributed by atoms with van der Waals surface area (Å²) in [5.74, 6) is -3.74. The molecule has 1 aliphatic heterocycles. The van der Waals surface area contributed by atoms with Crippen LogP contribution in [0.15, 0.2) is 0 Å². The van der Waals surface area contributed by atoms with Gasteiger partial charge in [-0.2, -0.15) is 0 Å². The Morgan fingerprint density at radius 1 is 0.589 bits per heavy atom. The number of carbonyl (C=O) groups is 8. The molecule has 1 saturated heterocycles. The Bertz CT molecular complexity index is 1260. The first-order chi connectivity index (χ1) is 26.4. The molecule has 56 heavy (non-hydrogen) atoms. The van der Waals surface area contributed by atoms with Gasteiger partial charge in [0.2, 0.25) is 11.8 Å². The lowest BCUT2D eigenvalue weighted by Crippen LogP contribution is -2.44. The van der Waals surface area contributed by atoms with Gasteiger partial charge in [0, 0.05) is 77.9 Å². The first kappa shape index (κ1) is 50.1. The lowest BCUT2D eigenvalue weighted by Gasteiger charge is -2.24. The fourth-order valence-corrected chi connectivity index (χ4v) is 5.26. The molecule has 2 N–H and O–H groups in total. The topological polar surface area (TPSA) is 210 Å². The van der Waals surface area contributed by atoms with Gasteiger partial charge in [-0.3, -0.25) is 28.8 Å². The molecule has 1 aliphatic rings. The number of ketones is 1. The van der Waals surface area contributed by atoms with Crippen molar-refractivity contribution in [2.45, 2.75) is 174 Å². The molecule has 0 saturated carbocycles. The molecule has 0 spiro atoms. The lowest BCUT2D eigenvalue weighted by atomic mass is 10.1. The van der Waals surface area contributed by atoms with Gasteiger partial charge < -0.3 is 34.4 Å². The van der Waals surface area contributed by atoms with Crippen molar-refractivity contribution >= 4 is 47.3 Å². The van der Waals surface area contributed by atoms with Crippen molar-refractivity contribution in [1.82, 2.24) is 15.7 Å². The van der Waals surface area contributed by atoms with E-state index in [0.29, 0.717) is 63.7 Å². The van der Waals surface area contributed by atoms with E-state index < -0.39 is 46.9 Å². The minimum absolute atomic E-state index is 0.0127. The van der Waals surface area contributed by atoms with E-state index in [4.69, 9.17) is 23.8 Å². The SMILES string of the molecule is CC(C)(C)OC(=O)CCCCCCC(=O)NCCCOCCCCOCCCCC(=O)CCC(=O)N[C@@H](CCC(=O)ON1C(=O)CCC1=O)C(=O)OC(C)(C)C. The maximum absolute atomic E-state index is 12.7. The van der Waals surface area contributed by atoms with E-state index in [9.17, 15) is 38.4 Å². The molecular weight excluding hydrogens is 730 g/mol. The van der Waals surface area contributed by atoms with E-state index in [0.717, 1.165) is 44.9 Å². The molecular formula is C40H67N3O13. The third-order valence-electron chi connectivity index (χ3n) is 8.06. The quantitative estimate of drug-likeness (QED) is 0.0573. The van der Waals surface area contributed by atoms with Gasteiger partial charge >= 0.3 is 17.9 Å². The second-order valence-corrected chi connectivity index (χ2v) is 15.9. The minimum atomic E-state index is -1.20. The van der Waals surface area contributed by atoms with E-state index in [1.54, 1.807) is 20.8 Å². The number of carbonyl (C=O) groups excluding carboxylic acids is 8. The third kappa shape index (κ3) is 26.8. The number of rotatable bonds is 30.